The summed E-state index contributed by atoms with van der Waals surface area (Å²) in [6.45, 7) is 4.72. The van der Waals surface area contributed by atoms with E-state index in [1.54, 1.807) is 13.8 Å². The molecule has 0 radical (unpaired) electrons. The predicted molar refractivity (Wildman–Crippen MR) is 38.4 cm³/mol. The zero-order valence-corrected chi connectivity index (χ0v) is 6.94. The molecule has 3 unspecified atom stereocenters. The average molecular weight is 159 g/mol. The lowest BCUT2D eigenvalue weighted by Gasteiger charge is -2.16. The van der Waals surface area contributed by atoms with Gasteiger partial charge in [0.2, 0.25) is 0 Å². The van der Waals surface area contributed by atoms with Gasteiger partial charge in [-0.3, -0.25) is 0 Å². The van der Waals surface area contributed by atoms with E-state index in [1.165, 1.54) is 6.92 Å². The first-order valence-corrected chi connectivity index (χ1v) is 3.45. The molecule has 0 heterocycles. The van der Waals surface area contributed by atoms with Crippen molar-refractivity contribution < 1.29 is 14.6 Å². The summed E-state index contributed by atoms with van der Waals surface area (Å²) < 4.78 is 9.77. The maximum Gasteiger partial charge on any atom is 0.159 e. The summed E-state index contributed by atoms with van der Waals surface area (Å²) in [4.78, 5) is 0. The zero-order chi connectivity index (χ0) is 8.85. The van der Waals surface area contributed by atoms with E-state index < -0.39 is 18.7 Å². The highest BCUT2D eigenvalue weighted by molar-refractivity contribution is 4.79. The second-order valence-electron chi connectivity index (χ2n) is 2.21. The molecule has 0 spiro atoms. The number of ether oxygens (including phenoxy) is 2. The molecule has 0 aliphatic carbocycles. The molecule has 0 aliphatic rings. The van der Waals surface area contributed by atoms with Crippen LogP contribution in [0.25, 0.3) is 0 Å². The van der Waals surface area contributed by atoms with Crippen molar-refractivity contribution in [2.24, 2.45) is 0 Å². The number of aliphatic hydroxyl groups excluding tert-OH is 1. The quantitative estimate of drug-likeness (QED) is 0.610. The Morgan fingerprint density at radius 3 is 2.18 bits per heavy atom. The number of hydrogen-bond donors (Lipinski definition) is 1. The molecule has 1 N–H and O–H groups in total. The summed E-state index contributed by atoms with van der Waals surface area (Å²) >= 11 is 0. The van der Waals surface area contributed by atoms with E-state index in [1.807, 2.05) is 6.07 Å². The van der Waals surface area contributed by atoms with Crippen molar-refractivity contribution in [1.82, 2.24) is 0 Å². The average Bonchev–Trinajstić information content (AvgIpc) is 1.85. The van der Waals surface area contributed by atoms with Gasteiger partial charge in [0.25, 0.3) is 0 Å². The molecule has 4 nitrogen and oxygen atoms in total. The van der Waals surface area contributed by atoms with E-state index in [9.17, 15) is 0 Å². The van der Waals surface area contributed by atoms with Gasteiger partial charge in [-0.1, -0.05) is 0 Å². The van der Waals surface area contributed by atoms with Crippen molar-refractivity contribution in [2.75, 3.05) is 0 Å². The van der Waals surface area contributed by atoms with Gasteiger partial charge < -0.3 is 14.6 Å². The van der Waals surface area contributed by atoms with Crippen LogP contribution < -0.4 is 0 Å². The maximum absolute atomic E-state index is 8.72. The van der Waals surface area contributed by atoms with Gasteiger partial charge >= 0.3 is 0 Å². The Balaban J connectivity index is 3.53. The number of aliphatic hydroxyl groups is 1. The zero-order valence-electron chi connectivity index (χ0n) is 6.94. The Kier molecular flexibility index (Phi) is 4.79. The lowest BCUT2D eigenvalue weighted by Crippen LogP contribution is -2.23. The van der Waals surface area contributed by atoms with Crippen molar-refractivity contribution in [3.05, 3.63) is 0 Å². The van der Waals surface area contributed by atoms with E-state index in [4.69, 9.17) is 19.8 Å². The normalized spacial score (nSPS) is 18.5. The highest BCUT2D eigenvalue weighted by Gasteiger charge is 2.09. The van der Waals surface area contributed by atoms with Crippen LogP contribution in [0.4, 0.5) is 0 Å². The van der Waals surface area contributed by atoms with Crippen LogP contribution in [0, 0.1) is 11.3 Å². The molecule has 64 valence electrons. The first kappa shape index (κ1) is 10.4. The third-order valence-electron chi connectivity index (χ3n) is 0.966. The summed E-state index contributed by atoms with van der Waals surface area (Å²) in [6.07, 6.45) is -1.93. The first-order valence-electron chi connectivity index (χ1n) is 3.45. The molecule has 0 bridgehead atoms. The number of nitriles is 1. The third-order valence-corrected chi connectivity index (χ3v) is 0.966. The van der Waals surface area contributed by atoms with Crippen LogP contribution in [-0.2, 0) is 9.47 Å². The Hall–Kier alpha value is -0.630. The molecule has 0 aliphatic heterocycles. The van der Waals surface area contributed by atoms with E-state index >= 15 is 0 Å². The van der Waals surface area contributed by atoms with Crippen molar-refractivity contribution in [3.63, 3.8) is 0 Å². The van der Waals surface area contributed by atoms with Crippen LogP contribution in [0.2, 0.25) is 0 Å². The van der Waals surface area contributed by atoms with Crippen LogP contribution in [-0.4, -0.2) is 23.8 Å². The summed E-state index contributed by atoms with van der Waals surface area (Å²) in [5, 5.41) is 17.0. The minimum Gasteiger partial charge on any atom is -0.368 e. The lowest BCUT2D eigenvalue weighted by molar-refractivity contribution is -0.220. The summed E-state index contributed by atoms with van der Waals surface area (Å²) in [5.74, 6) is 0. The van der Waals surface area contributed by atoms with Crippen molar-refractivity contribution in [1.29, 1.82) is 5.26 Å². The Bertz CT molecular complexity index is 141. The highest BCUT2D eigenvalue weighted by atomic mass is 16.7. The van der Waals surface area contributed by atoms with Gasteiger partial charge in [-0.2, -0.15) is 5.26 Å². The van der Waals surface area contributed by atoms with E-state index in [0.717, 1.165) is 0 Å². The maximum atomic E-state index is 8.72. The summed E-state index contributed by atoms with van der Waals surface area (Å²) in [5.41, 5.74) is 0. The SMILES string of the molecule is CC(O)OC(C)OC(C)C#N. The van der Waals surface area contributed by atoms with Crippen molar-refractivity contribution in [3.8, 4) is 6.07 Å². The van der Waals surface area contributed by atoms with E-state index in [-0.39, 0.29) is 0 Å². The molecule has 0 saturated carbocycles. The summed E-state index contributed by atoms with van der Waals surface area (Å²) in [6, 6.07) is 1.89. The van der Waals surface area contributed by atoms with E-state index in [2.05, 4.69) is 0 Å². The molecule has 0 aromatic heterocycles. The van der Waals surface area contributed by atoms with Gasteiger partial charge in [-0.15, -0.1) is 0 Å². The standard InChI is InChI=1S/C7H13NO3/c1-5(4-8)10-7(3)11-6(2)9/h5-7,9H,1-3H3. The van der Waals surface area contributed by atoms with Crippen LogP contribution in [0.15, 0.2) is 0 Å². The molecule has 0 aromatic rings. The topological polar surface area (TPSA) is 62.5 Å². The fourth-order valence-corrected chi connectivity index (χ4v) is 0.627. The fraction of sp³-hybridized carbons (Fsp3) is 0.857. The molecular weight excluding hydrogens is 146 g/mol. The van der Waals surface area contributed by atoms with Crippen LogP contribution in [0.5, 0.6) is 0 Å². The van der Waals surface area contributed by atoms with Crippen LogP contribution in [0.3, 0.4) is 0 Å². The minimum absolute atomic E-state index is 0.510. The summed E-state index contributed by atoms with van der Waals surface area (Å²) in [7, 11) is 0. The fourth-order valence-electron chi connectivity index (χ4n) is 0.627. The Morgan fingerprint density at radius 2 is 1.82 bits per heavy atom. The molecule has 0 amide bonds. The Morgan fingerprint density at radius 1 is 1.27 bits per heavy atom. The Labute approximate surface area is 66.3 Å². The second kappa shape index (κ2) is 5.08. The molecule has 3 atom stereocenters. The molecule has 11 heavy (non-hydrogen) atoms. The smallest absolute Gasteiger partial charge is 0.159 e. The second-order valence-corrected chi connectivity index (χ2v) is 2.21. The predicted octanol–water partition coefficient (Wildman–Crippen LogP) is 0.616. The molecule has 0 saturated heterocycles. The van der Waals surface area contributed by atoms with Gasteiger partial charge in [-0.25, -0.2) is 0 Å². The highest BCUT2D eigenvalue weighted by Crippen LogP contribution is 2.00. The monoisotopic (exact) mass is 159 g/mol. The van der Waals surface area contributed by atoms with Crippen molar-refractivity contribution in [2.45, 2.75) is 39.5 Å². The molecular formula is C7H13NO3. The van der Waals surface area contributed by atoms with Crippen LogP contribution in [0.1, 0.15) is 20.8 Å². The number of hydrogen-bond acceptors (Lipinski definition) is 4. The van der Waals surface area contributed by atoms with E-state index in [0.29, 0.717) is 0 Å². The first-order chi connectivity index (χ1) is 5.06. The van der Waals surface area contributed by atoms with Gasteiger partial charge in [0.05, 0.1) is 6.07 Å². The van der Waals surface area contributed by atoms with Gasteiger partial charge in [-0.05, 0) is 20.8 Å². The lowest BCUT2D eigenvalue weighted by atomic mass is 10.4. The largest absolute Gasteiger partial charge is 0.368 e. The van der Waals surface area contributed by atoms with Gasteiger partial charge in [0.1, 0.15) is 6.10 Å². The van der Waals surface area contributed by atoms with Gasteiger partial charge in [0, 0.05) is 0 Å². The van der Waals surface area contributed by atoms with Crippen LogP contribution >= 0.6 is 0 Å². The number of nitrogens with zero attached hydrogens (tertiary/aromatic N) is 1. The number of rotatable bonds is 4. The molecule has 4 heteroatoms. The minimum atomic E-state index is -0.865. The van der Waals surface area contributed by atoms with Crippen molar-refractivity contribution >= 4 is 0 Å². The molecule has 0 aromatic carbocycles. The molecule has 0 rings (SSSR count). The molecule has 0 fully saturated rings. The van der Waals surface area contributed by atoms with Gasteiger partial charge in [0.15, 0.2) is 12.6 Å². The third kappa shape index (κ3) is 5.80.